The molecule has 0 spiro atoms. The van der Waals surface area contributed by atoms with E-state index in [0.29, 0.717) is 17.1 Å². The number of rotatable bonds is 9. The Balaban J connectivity index is 2.58. The number of hydrogen-bond acceptors (Lipinski definition) is 6. The van der Waals surface area contributed by atoms with Crippen molar-refractivity contribution in [3.63, 3.8) is 0 Å². The average Bonchev–Trinajstić information content (AvgIpc) is 2.62. The van der Waals surface area contributed by atoms with Crippen molar-refractivity contribution in [1.29, 1.82) is 5.26 Å². The first-order valence-corrected chi connectivity index (χ1v) is 7.82. The van der Waals surface area contributed by atoms with Crippen molar-refractivity contribution >= 4 is 18.0 Å². The molecule has 1 rings (SSSR count). The Bertz CT molecular complexity index is 664. The minimum Gasteiger partial charge on any atom is -0.493 e. The zero-order valence-electron chi connectivity index (χ0n) is 14.6. The Kier molecular flexibility index (Phi) is 8.58. The minimum absolute atomic E-state index is 0.0379. The first kappa shape index (κ1) is 20.0. The van der Waals surface area contributed by atoms with Crippen molar-refractivity contribution in [2.75, 3.05) is 20.3 Å². The van der Waals surface area contributed by atoms with Crippen LogP contribution >= 0.6 is 0 Å². The lowest BCUT2D eigenvalue weighted by Gasteiger charge is -2.10. The molecule has 0 saturated heterocycles. The molecule has 0 heterocycles. The highest BCUT2D eigenvalue weighted by Crippen LogP contribution is 2.28. The Morgan fingerprint density at radius 3 is 2.76 bits per heavy atom. The molecule has 0 fully saturated rings. The second-order valence-corrected chi connectivity index (χ2v) is 5.17. The van der Waals surface area contributed by atoms with Gasteiger partial charge in [0.1, 0.15) is 6.07 Å². The number of nitriles is 1. The van der Waals surface area contributed by atoms with Gasteiger partial charge in [0.2, 0.25) is 0 Å². The molecule has 0 radical (unpaired) electrons. The number of esters is 1. The van der Waals surface area contributed by atoms with Gasteiger partial charge in [-0.3, -0.25) is 4.79 Å². The van der Waals surface area contributed by atoms with E-state index in [4.69, 9.17) is 19.5 Å². The van der Waals surface area contributed by atoms with Crippen LogP contribution in [0, 0.1) is 11.3 Å². The second-order valence-electron chi connectivity index (χ2n) is 5.17. The molecular weight excluding hydrogens is 324 g/mol. The van der Waals surface area contributed by atoms with Gasteiger partial charge in [0.05, 0.1) is 7.11 Å². The van der Waals surface area contributed by atoms with Crippen LogP contribution in [0.15, 0.2) is 24.3 Å². The van der Waals surface area contributed by atoms with Crippen molar-refractivity contribution in [2.24, 2.45) is 0 Å². The minimum atomic E-state index is -0.622. The summed E-state index contributed by atoms with van der Waals surface area (Å²) in [5, 5.41) is 11.2. The summed E-state index contributed by atoms with van der Waals surface area (Å²) in [6.45, 7) is 3.41. The van der Waals surface area contributed by atoms with Crippen molar-refractivity contribution in [2.45, 2.75) is 26.3 Å². The van der Waals surface area contributed by atoms with Gasteiger partial charge in [-0.05, 0) is 37.1 Å². The van der Waals surface area contributed by atoms with Crippen molar-refractivity contribution in [1.82, 2.24) is 5.32 Å². The topological polar surface area (TPSA) is 97.6 Å². The fraction of sp³-hybridized carbons (Fsp3) is 0.389. The van der Waals surface area contributed by atoms with Crippen LogP contribution in [-0.4, -0.2) is 38.2 Å². The molecule has 134 valence electrons. The van der Waals surface area contributed by atoms with Crippen molar-refractivity contribution < 1.29 is 23.8 Å². The van der Waals surface area contributed by atoms with Gasteiger partial charge in [-0.15, -0.1) is 0 Å². The van der Waals surface area contributed by atoms with E-state index in [1.54, 1.807) is 18.2 Å². The van der Waals surface area contributed by atoms with E-state index in [0.717, 1.165) is 6.42 Å². The van der Waals surface area contributed by atoms with E-state index in [1.165, 1.54) is 19.3 Å². The molecule has 0 aliphatic carbocycles. The number of hydrogen-bond donors (Lipinski definition) is 1. The molecule has 1 aromatic rings. The zero-order chi connectivity index (χ0) is 18.7. The van der Waals surface area contributed by atoms with E-state index < -0.39 is 5.97 Å². The smallest absolute Gasteiger partial charge is 0.331 e. The Hall–Kier alpha value is -3.01. The van der Waals surface area contributed by atoms with Crippen molar-refractivity contribution in [3.05, 3.63) is 29.8 Å². The summed E-state index contributed by atoms with van der Waals surface area (Å²) in [4.78, 5) is 23.2. The molecule has 7 heteroatoms. The first-order valence-electron chi connectivity index (χ1n) is 7.82. The molecule has 0 bridgehead atoms. The standard InChI is InChI=1S/C18H22N2O5/c1-4-13(2)20-17(21)12-25-18(22)8-6-14-5-7-15(24-10-9-19)16(11-14)23-3/h5-8,11,13H,4,10,12H2,1-3H3,(H,20,21)/b8-6+. The number of nitrogens with zero attached hydrogens (tertiary/aromatic N) is 1. The summed E-state index contributed by atoms with van der Waals surface area (Å²) in [5.74, 6) is -0.0796. The zero-order valence-corrected chi connectivity index (χ0v) is 14.6. The first-order chi connectivity index (χ1) is 12.0. The molecule has 1 aromatic carbocycles. The van der Waals surface area contributed by atoms with Crippen LogP contribution in [0.2, 0.25) is 0 Å². The predicted molar refractivity (Wildman–Crippen MR) is 92.0 cm³/mol. The highest BCUT2D eigenvalue weighted by atomic mass is 16.5. The summed E-state index contributed by atoms with van der Waals surface area (Å²) >= 11 is 0. The van der Waals surface area contributed by atoms with E-state index in [-0.39, 0.29) is 25.2 Å². The lowest BCUT2D eigenvalue weighted by Crippen LogP contribution is -2.35. The number of nitrogens with one attached hydrogen (secondary N) is 1. The third kappa shape index (κ3) is 7.40. The predicted octanol–water partition coefficient (Wildman–Crippen LogP) is 2.07. The fourth-order valence-electron chi connectivity index (χ4n) is 1.78. The van der Waals surface area contributed by atoms with Crippen LogP contribution in [0.4, 0.5) is 0 Å². The third-order valence-electron chi connectivity index (χ3n) is 3.26. The van der Waals surface area contributed by atoms with Gasteiger partial charge in [0, 0.05) is 12.1 Å². The number of carbonyl (C=O) groups excluding carboxylic acids is 2. The SMILES string of the molecule is CCC(C)NC(=O)COC(=O)/C=C/c1ccc(OCC#N)c(OC)c1. The van der Waals surface area contributed by atoms with Crippen LogP contribution in [0.1, 0.15) is 25.8 Å². The number of ether oxygens (including phenoxy) is 3. The number of carbonyl (C=O) groups is 2. The molecule has 1 N–H and O–H groups in total. The van der Waals surface area contributed by atoms with Gasteiger partial charge in [0.15, 0.2) is 24.7 Å². The summed E-state index contributed by atoms with van der Waals surface area (Å²) in [7, 11) is 1.48. The molecular formula is C18H22N2O5. The maximum Gasteiger partial charge on any atom is 0.331 e. The number of methoxy groups -OCH3 is 1. The molecule has 25 heavy (non-hydrogen) atoms. The maximum atomic E-state index is 11.7. The van der Waals surface area contributed by atoms with Gasteiger partial charge in [-0.25, -0.2) is 4.79 Å². The number of amides is 1. The van der Waals surface area contributed by atoms with Crippen LogP contribution in [0.3, 0.4) is 0 Å². The van der Waals surface area contributed by atoms with Crippen LogP contribution in [0.25, 0.3) is 6.08 Å². The quantitative estimate of drug-likeness (QED) is 0.543. The Morgan fingerprint density at radius 1 is 1.36 bits per heavy atom. The van der Waals surface area contributed by atoms with Crippen molar-refractivity contribution in [3.8, 4) is 17.6 Å². The monoisotopic (exact) mass is 346 g/mol. The van der Waals surface area contributed by atoms with Crippen LogP contribution in [0.5, 0.6) is 11.5 Å². The Morgan fingerprint density at radius 2 is 2.12 bits per heavy atom. The third-order valence-corrected chi connectivity index (χ3v) is 3.26. The van der Waals surface area contributed by atoms with E-state index in [2.05, 4.69) is 5.32 Å². The Labute approximate surface area is 147 Å². The average molecular weight is 346 g/mol. The summed E-state index contributed by atoms with van der Waals surface area (Å²) in [6.07, 6.45) is 3.56. The van der Waals surface area contributed by atoms with E-state index >= 15 is 0 Å². The van der Waals surface area contributed by atoms with E-state index in [9.17, 15) is 9.59 Å². The molecule has 1 amide bonds. The van der Waals surface area contributed by atoms with E-state index in [1.807, 2.05) is 19.9 Å². The van der Waals surface area contributed by atoms with Gasteiger partial charge < -0.3 is 19.5 Å². The fourth-order valence-corrected chi connectivity index (χ4v) is 1.78. The normalized spacial score (nSPS) is 11.4. The molecule has 1 unspecified atom stereocenters. The summed E-state index contributed by atoms with van der Waals surface area (Å²) in [5.41, 5.74) is 0.683. The molecule has 7 nitrogen and oxygen atoms in total. The van der Waals surface area contributed by atoms with Gasteiger partial charge in [0.25, 0.3) is 5.91 Å². The highest BCUT2D eigenvalue weighted by molar-refractivity contribution is 5.89. The lowest BCUT2D eigenvalue weighted by molar-refractivity contribution is -0.144. The van der Waals surface area contributed by atoms with Gasteiger partial charge >= 0.3 is 5.97 Å². The molecule has 0 aromatic heterocycles. The van der Waals surface area contributed by atoms with Crippen LogP contribution in [-0.2, 0) is 14.3 Å². The molecule has 1 atom stereocenters. The lowest BCUT2D eigenvalue weighted by atomic mass is 10.2. The molecule has 0 aliphatic heterocycles. The molecule has 0 saturated carbocycles. The highest BCUT2D eigenvalue weighted by Gasteiger charge is 2.08. The number of benzene rings is 1. The second kappa shape index (κ2) is 10.7. The summed E-state index contributed by atoms with van der Waals surface area (Å²) < 4.78 is 15.3. The molecule has 0 aliphatic rings. The van der Waals surface area contributed by atoms with Gasteiger partial charge in [-0.1, -0.05) is 13.0 Å². The summed E-state index contributed by atoms with van der Waals surface area (Å²) in [6, 6.07) is 6.91. The largest absolute Gasteiger partial charge is 0.493 e. The van der Waals surface area contributed by atoms with Crippen LogP contribution < -0.4 is 14.8 Å². The maximum absolute atomic E-state index is 11.7. The van der Waals surface area contributed by atoms with Gasteiger partial charge in [-0.2, -0.15) is 5.26 Å².